The molecule has 2 fully saturated rings. The SMILES string of the molecule is CSC1CCC(N2C(=O)CNC(=O)C2C(C)C)C1. The van der Waals surface area contributed by atoms with Gasteiger partial charge in [0.15, 0.2) is 0 Å². The molecule has 1 N–H and O–H groups in total. The molecule has 3 unspecified atom stereocenters. The highest BCUT2D eigenvalue weighted by Gasteiger charge is 2.42. The maximum Gasteiger partial charge on any atom is 0.243 e. The van der Waals surface area contributed by atoms with Crippen molar-refractivity contribution < 1.29 is 9.59 Å². The Kier molecular flexibility index (Phi) is 4.20. The van der Waals surface area contributed by atoms with Gasteiger partial charge in [0.05, 0.1) is 6.54 Å². The molecule has 102 valence electrons. The number of thioether (sulfide) groups is 1. The van der Waals surface area contributed by atoms with Crippen molar-refractivity contribution in [3.63, 3.8) is 0 Å². The van der Waals surface area contributed by atoms with Gasteiger partial charge < -0.3 is 10.2 Å². The van der Waals surface area contributed by atoms with Gasteiger partial charge in [-0.25, -0.2) is 0 Å². The molecule has 2 rings (SSSR count). The summed E-state index contributed by atoms with van der Waals surface area (Å²) in [5, 5.41) is 3.35. The van der Waals surface area contributed by atoms with Crippen LogP contribution in [0.15, 0.2) is 0 Å². The molecule has 1 saturated carbocycles. The fourth-order valence-corrected chi connectivity index (χ4v) is 3.87. The third-order valence-electron chi connectivity index (χ3n) is 3.99. The zero-order chi connectivity index (χ0) is 13.3. The predicted molar refractivity (Wildman–Crippen MR) is 73.4 cm³/mol. The van der Waals surface area contributed by atoms with E-state index in [-0.39, 0.29) is 36.4 Å². The van der Waals surface area contributed by atoms with Gasteiger partial charge in [-0.1, -0.05) is 13.8 Å². The number of nitrogens with zero attached hydrogens (tertiary/aromatic N) is 1. The maximum absolute atomic E-state index is 12.1. The molecule has 0 radical (unpaired) electrons. The summed E-state index contributed by atoms with van der Waals surface area (Å²) in [6.07, 6.45) is 5.34. The summed E-state index contributed by atoms with van der Waals surface area (Å²) in [5.74, 6) is 0.264. The zero-order valence-corrected chi connectivity index (χ0v) is 12.1. The highest BCUT2D eigenvalue weighted by Crippen LogP contribution is 2.34. The maximum atomic E-state index is 12.1. The molecule has 2 amide bonds. The number of hydrogen-bond acceptors (Lipinski definition) is 3. The Balaban J connectivity index is 2.16. The van der Waals surface area contributed by atoms with Gasteiger partial charge in [-0.2, -0.15) is 11.8 Å². The topological polar surface area (TPSA) is 49.4 Å². The third kappa shape index (κ3) is 2.51. The van der Waals surface area contributed by atoms with Gasteiger partial charge in [0.25, 0.3) is 0 Å². The Hall–Kier alpha value is -0.710. The average molecular weight is 270 g/mol. The second-order valence-electron chi connectivity index (χ2n) is 5.53. The summed E-state index contributed by atoms with van der Waals surface area (Å²) in [5.41, 5.74) is 0. The molecule has 0 bridgehead atoms. The van der Waals surface area contributed by atoms with E-state index in [2.05, 4.69) is 11.6 Å². The van der Waals surface area contributed by atoms with Crippen molar-refractivity contribution in [3.8, 4) is 0 Å². The van der Waals surface area contributed by atoms with Gasteiger partial charge in [-0.15, -0.1) is 0 Å². The highest BCUT2D eigenvalue weighted by molar-refractivity contribution is 7.99. The smallest absolute Gasteiger partial charge is 0.243 e. The molecule has 1 aliphatic carbocycles. The number of piperazine rings is 1. The van der Waals surface area contributed by atoms with Crippen LogP contribution in [0.25, 0.3) is 0 Å². The Morgan fingerprint density at radius 1 is 1.33 bits per heavy atom. The van der Waals surface area contributed by atoms with Crippen LogP contribution in [0.1, 0.15) is 33.1 Å². The summed E-state index contributed by atoms with van der Waals surface area (Å²) >= 11 is 1.87. The number of nitrogens with one attached hydrogen (secondary N) is 1. The van der Waals surface area contributed by atoms with Crippen molar-refractivity contribution in [2.24, 2.45) is 5.92 Å². The molecule has 1 heterocycles. The van der Waals surface area contributed by atoms with Gasteiger partial charge >= 0.3 is 0 Å². The van der Waals surface area contributed by atoms with Crippen LogP contribution in [-0.4, -0.2) is 46.8 Å². The highest BCUT2D eigenvalue weighted by atomic mass is 32.2. The third-order valence-corrected chi connectivity index (χ3v) is 5.08. The van der Waals surface area contributed by atoms with Crippen molar-refractivity contribution in [2.45, 2.75) is 50.4 Å². The van der Waals surface area contributed by atoms with Crippen LogP contribution in [0, 0.1) is 5.92 Å². The summed E-state index contributed by atoms with van der Waals surface area (Å²) in [6.45, 7) is 4.19. The molecular weight excluding hydrogens is 248 g/mol. The number of hydrogen-bond donors (Lipinski definition) is 1. The van der Waals surface area contributed by atoms with Crippen LogP contribution in [0.5, 0.6) is 0 Å². The molecule has 18 heavy (non-hydrogen) atoms. The fourth-order valence-electron chi connectivity index (χ4n) is 3.08. The van der Waals surface area contributed by atoms with E-state index in [9.17, 15) is 9.59 Å². The monoisotopic (exact) mass is 270 g/mol. The standard InChI is InChI=1S/C13H22N2O2S/c1-8(2)12-13(17)14-7-11(16)15(12)9-4-5-10(6-9)18-3/h8-10,12H,4-7H2,1-3H3,(H,14,17). The molecule has 0 aromatic heterocycles. The Bertz CT molecular complexity index is 346. The van der Waals surface area contributed by atoms with Gasteiger partial charge in [-0.3, -0.25) is 9.59 Å². The van der Waals surface area contributed by atoms with Crippen LogP contribution in [-0.2, 0) is 9.59 Å². The summed E-state index contributed by atoms with van der Waals surface area (Å²) in [7, 11) is 0. The molecule has 3 atom stereocenters. The first-order valence-electron chi connectivity index (χ1n) is 6.66. The molecule has 0 spiro atoms. The quantitative estimate of drug-likeness (QED) is 0.840. The lowest BCUT2D eigenvalue weighted by Gasteiger charge is -2.41. The molecule has 0 aromatic rings. The van der Waals surface area contributed by atoms with E-state index in [1.165, 1.54) is 0 Å². The van der Waals surface area contributed by atoms with Crippen molar-refractivity contribution in [1.29, 1.82) is 0 Å². The molecular formula is C13H22N2O2S. The average Bonchev–Trinajstić information content (AvgIpc) is 2.79. The first-order chi connectivity index (χ1) is 8.54. The zero-order valence-electron chi connectivity index (χ0n) is 11.3. The molecule has 2 aliphatic rings. The second kappa shape index (κ2) is 5.51. The predicted octanol–water partition coefficient (Wildman–Crippen LogP) is 1.25. The normalized spacial score (nSPS) is 33.1. The van der Waals surface area contributed by atoms with Crippen molar-refractivity contribution >= 4 is 23.6 Å². The van der Waals surface area contributed by atoms with Crippen LogP contribution in [0.2, 0.25) is 0 Å². The van der Waals surface area contributed by atoms with Gasteiger partial charge in [-0.05, 0) is 31.4 Å². The Morgan fingerprint density at radius 2 is 2.06 bits per heavy atom. The molecule has 1 saturated heterocycles. The van der Waals surface area contributed by atoms with Gasteiger partial charge in [0.1, 0.15) is 6.04 Å². The minimum absolute atomic E-state index is 0.0113. The van der Waals surface area contributed by atoms with E-state index in [1.807, 2.05) is 30.5 Å². The van der Waals surface area contributed by atoms with Crippen LogP contribution < -0.4 is 5.32 Å². The lowest BCUT2D eigenvalue weighted by atomic mass is 9.97. The first kappa shape index (κ1) is 13.7. The Labute approximate surface area is 113 Å². The van der Waals surface area contributed by atoms with E-state index in [0.717, 1.165) is 19.3 Å². The number of carbonyl (C=O) groups excluding carboxylic acids is 2. The number of rotatable bonds is 3. The van der Waals surface area contributed by atoms with E-state index >= 15 is 0 Å². The van der Waals surface area contributed by atoms with Crippen molar-refractivity contribution in [3.05, 3.63) is 0 Å². The van der Waals surface area contributed by atoms with Crippen LogP contribution in [0.3, 0.4) is 0 Å². The molecule has 5 heteroatoms. The summed E-state index contributed by atoms with van der Waals surface area (Å²) < 4.78 is 0. The van der Waals surface area contributed by atoms with Crippen LogP contribution in [0.4, 0.5) is 0 Å². The van der Waals surface area contributed by atoms with E-state index in [4.69, 9.17) is 0 Å². The number of carbonyl (C=O) groups is 2. The van der Waals surface area contributed by atoms with E-state index < -0.39 is 0 Å². The summed E-state index contributed by atoms with van der Waals surface area (Å²) in [6, 6.07) is -0.0229. The second-order valence-corrected chi connectivity index (χ2v) is 6.67. The minimum Gasteiger partial charge on any atom is -0.345 e. The lowest BCUT2D eigenvalue weighted by Crippen LogP contribution is -2.62. The summed E-state index contributed by atoms with van der Waals surface area (Å²) in [4.78, 5) is 26.0. The van der Waals surface area contributed by atoms with Crippen molar-refractivity contribution in [2.75, 3.05) is 12.8 Å². The molecule has 4 nitrogen and oxygen atoms in total. The first-order valence-corrected chi connectivity index (χ1v) is 7.95. The molecule has 0 aromatic carbocycles. The van der Waals surface area contributed by atoms with Gasteiger partial charge in [0.2, 0.25) is 11.8 Å². The molecule has 1 aliphatic heterocycles. The van der Waals surface area contributed by atoms with E-state index in [1.54, 1.807) is 0 Å². The van der Waals surface area contributed by atoms with E-state index in [0.29, 0.717) is 5.25 Å². The largest absolute Gasteiger partial charge is 0.345 e. The van der Waals surface area contributed by atoms with Crippen molar-refractivity contribution in [1.82, 2.24) is 10.2 Å². The fraction of sp³-hybridized carbons (Fsp3) is 0.846. The number of amides is 2. The Morgan fingerprint density at radius 3 is 2.61 bits per heavy atom. The van der Waals surface area contributed by atoms with Crippen LogP contribution >= 0.6 is 11.8 Å². The lowest BCUT2D eigenvalue weighted by molar-refractivity contribution is -0.150. The van der Waals surface area contributed by atoms with Gasteiger partial charge in [0, 0.05) is 11.3 Å². The minimum atomic E-state index is -0.281.